The van der Waals surface area contributed by atoms with Gasteiger partial charge < -0.3 is 15.5 Å². The second kappa shape index (κ2) is 2.71. The number of amides is 1. The predicted molar refractivity (Wildman–Crippen MR) is 43.4 cm³/mol. The van der Waals surface area contributed by atoms with E-state index in [-0.39, 0.29) is 12.0 Å². The number of carbonyl (C=O) groups excluding carboxylic acids is 1. The first kappa shape index (κ1) is 9.48. The molecule has 3 atom stereocenters. The zero-order chi connectivity index (χ0) is 9.52. The van der Waals surface area contributed by atoms with Gasteiger partial charge in [-0.25, -0.2) is 0 Å². The van der Waals surface area contributed by atoms with Crippen LogP contribution in [0.1, 0.15) is 20.8 Å². The van der Waals surface area contributed by atoms with Crippen molar-refractivity contribution in [3.8, 4) is 0 Å². The highest BCUT2D eigenvalue weighted by atomic mass is 16.4. The number of rotatable bonds is 1. The number of hydrogen-bond acceptors (Lipinski definition) is 3. The summed E-state index contributed by atoms with van der Waals surface area (Å²) in [6, 6.07) is -0.340. The van der Waals surface area contributed by atoms with E-state index >= 15 is 0 Å². The maximum atomic E-state index is 11.1. The largest absolute Gasteiger partial charge is 0.387 e. The Kier molecular flexibility index (Phi) is 2.14. The number of aliphatic hydroxyl groups excluding tert-OH is 1. The van der Waals surface area contributed by atoms with E-state index in [2.05, 4.69) is 5.32 Å². The third kappa shape index (κ3) is 1.21. The van der Waals surface area contributed by atoms with Crippen LogP contribution in [0.5, 0.6) is 0 Å². The molecule has 1 saturated heterocycles. The zero-order valence-electron chi connectivity index (χ0n) is 7.53. The zero-order valence-corrected chi connectivity index (χ0v) is 7.53. The van der Waals surface area contributed by atoms with Gasteiger partial charge in [0.05, 0.1) is 6.04 Å². The normalized spacial score (nSPS) is 42.0. The Morgan fingerprint density at radius 3 is 2.25 bits per heavy atom. The summed E-state index contributed by atoms with van der Waals surface area (Å²) < 4.78 is 0. The lowest BCUT2D eigenvalue weighted by molar-refractivity contribution is -0.139. The minimum absolute atomic E-state index is 0.123. The van der Waals surface area contributed by atoms with Crippen LogP contribution in [-0.2, 0) is 4.79 Å². The standard InChI is InChI=1S/C8H15NO3/c1-4(2)5-6(10)8(3,12)7(11)9-5/h4-6,10,12H,1-3H3,(H,9,11)/t5-,6?,8?/m0/s1. The summed E-state index contributed by atoms with van der Waals surface area (Å²) in [7, 11) is 0. The molecule has 1 rings (SSSR count). The first-order chi connectivity index (χ1) is 5.37. The molecule has 2 unspecified atom stereocenters. The van der Waals surface area contributed by atoms with E-state index in [0.29, 0.717) is 0 Å². The summed E-state index contributed by atoms with van der Waals surface area (Å²) in [6.45, 7) is 5.10. The molecular weight excluding hydrogens is 158 g/mol. The van der Waals surface area contributed by atoms with Crippen molar-refractivity contribution in [2.75, 3.05) is 0 Å². The highest BCUT2D eigenvalue weighted by molar-refractivity contribution is 5.88. The molecule has 3 N–H and O–H groups in total. The number of nitrogens with one attached hydrogen (secondary N) is 1. The molecule has 1 heterocycles. The van der Waals surface area contributed by atoms with E-state index in [1.165, 1.54) is 6.92 Å². The Morgan fingerprint density at radius 2 is 2.08 bits per heavy atom. The Labute approximate surface area is 71.6 Å². The lowest BCUT2D eigenvalue weighted by Crippen LogP contribution is -2.44. The predicted octanol–water partition coefficient (Wildman–Crippen LogP) is -0.747. The van der Waals surface area contributed by atoms with Gasteiger partial charge in [0.1, 0.15) is 6.10 Å². The highest BCUT2D eigenvalue weighted by Crippen LogP contribution is 2.24. The lowest BCUT2D eigenvalue weighted by atomic mass is 9.92. The topological polar surface area (TPSA) is 69.6 Å². The monoisotopic (exact) mass is 173 g/mol. The van der Waals surface area contributed by atoms with Crippen LogP contribution < -0.4 is 5.32 Å². The van der Waals surface area contributed by atoms with Crippen LogP contribution in [0.25, 0.3) is 0 Å². The SMILES string of the molecule is CC(C)[C@@H]1NC(=O)C(C)(O)C1O. The molecule has 1 amide bonds. The van der Waals surface area contributed by atoms with Crippen LogP contribution in [0.15, 0.2) is 0 Å². The van der Waals surface area contributed by atoms with Crippen LogP contribution in [0.2, 0.25) is 0 Å². The van der Waals surface area contributed by atoms with Crippen molar-refractivity contribution in [3.63, 3.8) is 0 Å². The molecular formula is C8H15NO3. The summed E-state index contributed by atoms with van der Waals surface area (Å²) in [5.41, 5.74) is -1.63. The smallest absolute Gasteiger partial charge is 0.254 e. The Bertz CT molecular complexity index is 200. The summed E-state index contributed by atoms with van der Waals surface area (Å²) in [5.74, 6) is -0.369. The third-order valence-corrected chi connectivity index (χ3v) is 2.39. The van der Waals surface area contributed by atoms with Crippen molar-refractivity contribution in [1.82, 2.24) is 5.32 Å². The van der Waals surface area contributed by atoms with E-state index in [0.717, 1.165) is 0 Å². The second-order valence-corrected chi connectivity index (χ2v) is 3.84. The molecule has 1 fully saturated rings. The molecule has 0 radical (unpaired) electrons. The lowest BCUT2D eigenvalue weighted by Gasteiger charge is -2.22. The van der Waals surface area contributed by atoms with Crippen LogP contribution >= 0.6 is 0 Å². The van der Waals surface area contributed by atoms with Gasteiger partial charge in [0.2, 0.25) is 0 Å². The number of carbonyl (C=O) groups is 1. The molecule has 4 nitrogen and oxygen atoms in total. The molecule has 0 aromatic carbocycles. The van der Waals surface area contributed by atoms with Crippen LogP contribution in [-0.4, -0.2) is 33.9 Å². The number of hydrogen-bond donors (Lipinski definition) is 3. The molecule has 1 aliphatic rings. The van der Waals surface area contributed by atoms with E-state index in [9.17, 15) is 15.0 Å². The van der Waals surface area contributed by atoms with Crippen molar-refractivity contribution in [2.45, 2.75) is 38.5 Å². The van der Waals surface area contributed by atoms with Gasteiger partial charge in [0.25, 0.3) is 5.91 Å². The first-order valence-electron chi connectivity index (χ1n) is 4.08. The number of aliphatic hydroxyl groups is 2. The molecule has 1 aliphatic heterocycles. The average molecular weight is 173 g/mol. The maximum absolute atomic E-state index is 11.1. The van der Waals surface area contributed by atoms with Gasteiger partial charge in [-0.15, -0.1) is 0 Å². The van der Waals surface area contributed by atoms with Crippen molar-refractivity contribution in [2.24, 2.45) is 5.92 Å². The minimum Gasteiger partial charge on any atom is -0.387 e. The Morgan fingerprint density at radius 1 is 1.58 bits per heavy atom. The minimum atomic E-state index is -1.63. The van der Waals surface area contributed by atoms with Gasteiger partial charge in [-0.1, -0.05) is 13.8 Å². The molecule has 0 saturated carbocycles. The van der Waals surface area contributed by atoms with E-state index in [4.69, 9.17) is 0 Å². The molecule has 0 aromatic heterocycles. The first-order valence-corrected chi connectivity index (χ1v) is 4.08. The fraction of sp³-hybridized carbons (Fsp3) is 0.875. The average Bonchev–Trinajstić information content (AvgIpc) is 2.13. The van der Waals surface area contributed by atoms with E-state index in [1.54, 1.807) is 0 Å². The maximum Gasteiger partial charge on any atom is 0.254 e. The van der Waals surface area contributed by atoms with E-state index < -0.39 is 17.6 Å². The Balaban J connectivity index is 2.83. The van der Waals surface area contributed by atoms with Gasteiger partial charge in [-0.05, 0) is 12.8 Å². The molecule has 0 spiro atoms. The fourth-order valence-electron chi connectivity index (χ4n) is 1.39. The fourth-order valence-corrected chi connectivity index (χ4v) is 1.39. The quantitative estimate of drug-likeness (QED) is 0.489. The van der Waals surface area contributed by atoms with Crippen molar-refractivity contribution in [3.05, 3.63) is 0 Å². The summed E-state index contributed by atoms with van der Waals surface area (Å²) >= 11 is 0. The van der Waals surface area contributed by atoms with Crippen molar-refractivity contribution >= 4 is 5.91 Å². The third-order valence-electron chi connectivity index (χ3n) is 2.39. The van der Waals surface area contributed by atoms with Gasteiger partial charge in [-0.2, -0.15) is 0 Å². The second-order valence-electron chi connectivity index (χ2n) is 3.84. The molecule has 0 aromatic rings. The van der Waals surface area contributed by atoms with Gasteiger partial charge in [0, 0.05) is 0 Å². The highest BCUT2D eigenvalue weighted by Gasteiger charge is 2.50. The molecule has 70 valence electrons. The summed E-state index contributed by atoms with van der Waals surface area (Å²) in [4.78, 5) is 11.1. The Hall–Kier alpha value is -0.610. The van der Waals surface area contributed by atoms with Gasteiger partial charge in [-0.3, -0.25) is 4.79 Å². The van der Waals surface area contributed by atoms with Crippen molar-refractivity contribution in [1.29, 1.82) is 0 Å². The summed E-state index contributed by atoms with van der Waals surface area (Å²) in [5, 5.41) is 21.6. The van der Waals surface area contributed by atoms with Crippen LogP contribution in [0.4, 0.5) is 0 Å². The molecule has 0 bridgehead atoms. The summed E-state index contributed by atoms with van der Waals surface area (Å²) in [6.07, 6.45) is -1.01. The van der Waals surface area contributed by atoms with Crippen molar-refractivity contribution < 1.29 is 15.0 Å². The van der Waals surface area contributed by atoms with Gasteiger partial charge >= 0.3 is 0 Å². The molecule has 0 aliphatic carbocycles. The van der Waals surface area contributed by atoms with Gasteiger partial charge in [0.15, 0.2) is 5.60 Å². The molecule has 4 heteroatoms. The molecule has 12 heavy (non-hydrogen) atoms. The van der Waals surface area contributed by atoms with Crippen LogP contribution in [0.3, 0.4) is 0 Å². The van der Waals surface area contributed by atoms with Crippen LogP contribution in [0, 0.1) is 5.92 Å². The van der Waals surface area contributed by atoms with E-state index in [1.807, 2.05) is 13.8 Å².